The van der Waals surface area contributed by atoms with E-state index in [0.717, 1.165) is 34.2 Å². The normalized spacial score (nSPS) is 13.3. The van der Waals surface area contributed by atoms with Gasteiger partial charge in [-0.25, -0.2) is 5.43 Å². The lowest BCUT2D eigenvalue weighted by molar-refractivity contribution is -0.123. The fourth-order valence-electron chi connectivity index (χ4n) is 3.14. The zero-order chi connectivity index (χ0) is 19.2. The molecule has 0 saturated carbocycles. The van der Waals surface area contributed by atoms with Gasteiger partial charge in [0.15, 0.2) is 6.61 Å². The van der Waals surface area contributed by atoms with Gasteiger partial charge >= 0.3 is 0 Å². The number of rotatable bonds is 6. The van der Waals surface area contributed by atoms with E-state index in [1.54, 1.807) is 13.3 Å². The first kappa shape index (κ1) is 19.4. The number of hydrazone groups is 1. The number of benzene rings is 2. The van der Waals surface area contributed by atoms with Crippen LogP contribution in [0.15, 0.2) is 39.9 Å². The summed E-state index contributed by atoms with van der Waals surface area (Å²) in [5.74, 6) is 1.17. The molecular formula is C21H23BrN2O3. The van der Waals surface area contributed by atoms with E-state index in [0.29, 0.717) is 5.75 Å². The van der Waals surface area contributed by atoms with Gasteiger partial charge in [-0.15, -0.1) is 0 Å². The number of halogens is 1. The second-order valence-corrected chi connectivity index (χ2v) is 7.33. The smallest absolute Gasteiger partial charge is 0.277 e. The molecule has 1 amide bonds. The summed E-state index contributed by atoms with van der Waals surface area (Å²) >= 11 is 3.62. The van der Waals surface area contributed by atoms with E-state index in [1.807, 2.05) is 31.2 Å². The maximum absolute atomic E-state index is 12.0. The summed E-state index contributed by atoms with van der Waals surface area (Å²) in [4.78, 5) is 12.0. The lowest BCUT2D eigenvalue weighted by atomic mass is 9.92. The monoisotopic (exact) mass is 430 g/mol. The van der Waals surface area contributed by atoms with Crippen molar-refractivity contribution in [2.75, 3.05) is 13.7 Å². The first-order chi connectivity index (χ1) is 13.1. The number of hydrogen-bond acceptors (Lipinski definition) is 4. The number of carbonyl (C=O) groups excluding carboxylic acids is 1. The maximum atomic E-state index is 12.0. The molecule has 0 spiro atoms. The Kier molecular flexibility index (Phi) is 6.50. The van der Waals surface area contributed by atoms with Crippen molar-refractivity contribution in [3.63, 3.8) is 0 Å². The van der Waals surface area contributed by atoms with E-state index < -0.39 is 0 Å². The second kappa shape index (κ2) is 9.04. The molecule has 2 aromatic carbocycles. The average Bonchev–Trinajstić information content (AvgIpc) is 2.69. The molecule has 0 heterocycles. The number of carbonyl (C=O) groups is 1. The Morgan fingerprint density at radius 1 is 1.22 bits per heavy atom. The Hall–Kier alpha value is -2.34. The topological polar surface area (TPSA) is 59.9 Å². The van der Waals surface area contributed by atoms with Crippen LogP contribution in [0.4, 0.5) is 0 Å². The number of nitrogens with zero attached hydrogens (tertiary/aromatic N) is 1. The highest BCUT2D eigenvalue weighted by atomic mass is 79.9. The molecule has 0 aromatic heterocycles. The minimum atomic E-state index is -0.310. The molecule has 6 heteroatoms. The van der Waals surface area contributed by atoms with Gasteiger partial charge in [0, 0.05) is 0 Å². The van der Waals surface area contributed by atoms with Gasteiger partial charge in [0.25, 0.3) is 5.91 Å². The Morgan fingerprint density at radius 3 is 2.85 bits per heavy atom. The zero-order valence-corrected chi connectivity index (χ0v) is 17.1. The summed E-state index contributed by atoms with van der Waals surface area (Å²) in [6.45, 7) is 1.88. The third kappa shape index (κ3) is 4.89. The van der Waals surface area contributed by atoms with Crippen molar-refractivity contribution < 1.29 is 14.3 Å². The van der Waals surface area contributed by atoms with Gasteiger partial charge in [0.1, 0.15) is 11.5 Å². The van der Waals surface area contributed by atoms with Crippen molar-refractivity contribution >= 4 is 28.1 Å². The summed E-state index contributed by atoms with van der Waals surface area (Å²) in [7, 11) is 1.63. The van der Waals surface area contributed by atoms with Crippen LogP contribution >= 0.6 is 15.9 Å². The van der Waals surface area contributed by atoms with Gasteiger partial charge in [-0.2, -0.15) is 5.10 Å². The highest BCUT2D eigenvalue weighted by molar-refractivity contribution is 9.10. The van der Waals surface area contributed by atoms with Crippen molar-refractivity contribution in [3.8, 4) is 11.5 Å². The third-order valence-electron chi connectivity index (χ3n) is 4.62. The largest absolute Gasteiger partial charge is 0.496 e. The molecule has 0 saturated heterocycles. The molecule has 3 rings (SSSR count). The van der Waals surface area contributed by atoms with Gasteiger partial charge < -0.3 is 9.47 Å². The first-order valence-electron chi connectivity index (χ1n) is 8.98. The van der Waals surface area contributed by atoms with Crippen molar-refractivity contribution in [3.05, 3.63) is 57.1 Å². The molecule has 0 bridgehead atoms. The van der Waals surface area contributed by atoms with E-state index >= 15 is 0 Å². The van der Waals surface area contributed by atoms with Crippen LogP contribution in [0, 0.1) is 6.92 Å². The molecule has 0 aliphatic heterocycles. The van der Waals surface area contributed by atoms with Crippen molar-refractivity contribution in [1.82, 2.24) is 5.43 Å². The second-order valence-electron chi connectivity index (χ2n) is 6.53. The SMILES string of the molecule is COc1cc(/C=N\NC(=O)COc2ccc3c(c2Br)CCCC3)ccc1C. The molecule has 1 aliphatic rings. The number of aryl methyl sites for hydroxylation is 2. The van der Waals surface area contributed by atoms with Crippen LogP contribution in [0.1, 0.15) is 35.1 Å². The molecule has 142 valence electrons. The quantitative estimate of drug-likeness (QED) is 0.552. The van der Waals surface area contributed by atoms with Crippen LogP contribution < -0.4 is 14.9 Å². The van der Waals surface area contributed by atoms with Gasteiger partial charge in [-0.05, 0) is 82.9 Å². The molecule has 0 atom stereocenters. The van der Waals surface area contributed by atoms with Crippen LogP contribution in [0.5, 0.6) is 11.5 Å². The fourth-order valence-corrected chi connectivity index (χ4v) is 3.84. The first-order valence-corrected chi connectivity index (χ1v) is 9.77. The molecule has 27 heavy (non-hydrogen) atoms. The minimum Gasteiger partial charge on any atom is -0.496 e. The third-order valence-corrected chi connectivity index (χ3v) is 5.49. The van der Waals surface area contributed by atoms with Crippen LogP contribution in [-0.4, -0.2) is 25.8 Å². The number of amides is 1. The van der Waals surface area contributed by atoms with Crippen LogP contribution in [0.25, 0.3) is 0 Å². The van der Waals surface area contributed by atoms with Crippen LogP contribution in [0.2, 0.25) is 0 Å². The van der Waals surface area contributed by atoms with Crippen LogP contribution in [0.3, 0.4) is 0 Å². The summed E-state index contributed by atoms with van der Waals surface area (Å²) in [5.41, 5.74) is 7.03. The number of ether oxygens (including phenoxy) is 2. The van der Waals surface area contributed by atoms with Gasteiger partial charge in [-0.1, -0.05) is 18.2 Å². The number of methoxy groups -OCH3 is 1. The fraction of sp³-hybridized carbons (Fsp3) is 0.333. The average molecular weight is 431 g/mol. The predicted octanol–water partition coefficient (Wildman–Crippen LogP) is 4.17. The lowest BCUT2D eigenvalue weighted by Crippen LogP contribution is -2.24. The molecule has 1 aliphatic carbocycles. The van der Waals surface area contributed by atoms with E-state index in [4.69, 9.17) is 9.47 Å². The zero-order valence-electron chi connectivity index (χ0n) is 15.5. The molecule has 1 N–H and O–H groups in total. The van der Waals surface area contributed by atoms with Gasteiger partial charge in [0.05, 0.1) is 17.8 Å². The maximum Gasteiger partial charge on any atom is 0.277 e. The van der Waals surface area contributed by atoms with Gasteiger partial charge in [0.2, 0.25) is 0 Å². The summed E-state index contributed by atoms with van der Waals surface area (Å²) in [6, 6.07) is 9.73. The highest BCUT2D eigenvalue weighted by Crippen LogP contribution is 2.35. The van der Waals surface area contributed by atoms with Crippen molar-refractivity contribution in [2.45, 2.75) is 32.6 Å². The Morgan fingerprint density at radius 2 is 2.04 bits per heavy atom. The predicted molar refractivity (Wildman–Crippen MR) is 110 cm³/mol. The number of fused-ring (bicyclic) bond motifs is 1. The summed E-state index contributed by atoms with van der Waals surface area (Å²) in [5, 5.41) is 3.98. The Balaban J connectivity index is 1.54. The van der Waals surface area contributed by atoms with E-state index in [2.05, 4.69) is 32.5 Å². The molecule has 0 fully saturated rings. The number of nitrogens with one attached hydrogen (secondary N) is 1. The highest BCUT2D eigenvalue weighted by Gasteiger charge is 2.16. The van der Waals surface area contributed by atoms with Gasteiger partial charge in [-0.3, -0.25) is 4.79 Å². The summed E-state index contributed by atoms with van der Waals surface area (Å²) < 4.78 is 11.9. The molecule has 0 radical (unpaired) electrons. The molecule has 2 aromatic rings. The number of hydrogen-bond donors (Lipinski definition) is 1. The Bertz CT molecular complexity index is 865. The molecular weight excluding hydrogens is 408 g/mol. The summed E-state index contributed by atoms with van der Waals surface area (Å²) in [6.07, 6.45) is 6.15. The Labute approximate surface area is 167 Å². The van der Waals surface area contributed by atoms with E-state index in [9.17, 15) is 4.79 Å². The van der Waals surface area contributed by atoms with Crippen LogP contribution in [-0.2, 0) is 17.6 Å². The van der Waals surface area contributed by atoms with Crippen molar-refractivity contribution in [2.24, 2.45) is 5.10 Å². The lowest BCUT2D eigenvalue weighted by Gasteiger charge is -2.19. The minimum absolute atomic E-state index is 0.0913. The molecule has 0 unspecified atom stereocenters. The van der Waals surface area contributed by atoms with E-state index in [1.165, 1.54) is 24.0 Å². The van der Waals surface area contributed by atoms with Crippen molar-refractivity contribution in [1.29, 1.82) is 0 Å². The standard InChI is InChI=1S/C21H23BrN2O3/c1-14-7-8-15(11-19(14)26-2)12-23-24-20(25)13-27-18-10-9-16-5-3-4-6-17(16)21(18)22/h7-12H,3-6,13H2,1-2H3,(H,24,25)/b23-12-. The van der Waals surface area contributed by atoms with E-state index in [-0.39, 0.29) is 12.5 Å². The molecule has 5 nitrogen and oxygen atoms in total.